The van der Waals surface area contributed by atoms with E-state index in [9.17, 15) is 9.59 Å². The van der Waals surface area contributed by atoms with E-state index in [1.165, 1.54) is 6.20 Å². The Bertz CT molecular complexity index is 1180. The standard InChI is InChI=1S/C22H19N5O2/c1-2-20-17(14-23-27(20)16-9-4-3-5-10-16)21(28)25-26-22(29)19-13-12-15-8-6-7-11-18(15)24-19/h3-14H,2H2,1H3,(H,25,28)(H,26,29). The van der Waals surface area contributed by atoms with Crippen molar-refractivity contribution in [2.24, 2.45) is 0 Å². The lowest BCUT2D eigenvalue weighted by atomic mass is 10.2. The smallest absolute Gasteiger partial charge is 0.267 e. The first-order chi connectivity index (χ1) is 14.2. The predicted octanol–water partition coefficient (Wildman–Crippen LogP) is 3.06. The lowest BCUT2D eigenvalue weighted by molar-refractivity contribution is 0.0843. The van der Waals surface area contributed by atoms with E-state index in [1.807, 2.05) is 67.6 Å². The molecule has 2 heterocycles. The van der Waals surface area contributed by atoms with Gasteiger partial charge in [-0.15, -0.1) is 0 Å². The minimum Gasteiger partial charge on any atom is -0.267 e. The van der Waals surface area contributed by atoms with Crippen molar-refractivity contribution in [2.75, 3.05) is 0 Å². The average Bonchev–Trinajstić information content (AvgIpc) is 3.21. The number of nitrogens with zero attached hydrogens (tertiary/aromatic N) is 3. The van der Waals surface area contributed by atoms with E-state index in [4.69, 9.17) is 0 Å². The number of pyridine rings is 1. The summed E-state index contributed by atoms with van der Waals surface area (Å²) in [5.74, 6) is -0.921. The molecule has 0 spiro atoms. The third kappa shape index (κ3) is 3.70. The van der Waals surface area contributed by atoms with Gasteiger partial charge >= 0.3 is 0 Å². The van der Waals surface area contributed by atoms with Gasteiger partial charge in [0.1, 0.15) is 5.69 Å². The van der Waals surface area contributed by atoms with Crippen molar-refractivity contribution in [1.29, 1.82) is 0 Å². The molecule has 7 nitrogen and oxygen atoms in total. The van der Waals surface area contributed by atoms with Crippen LogP contribution in [0.15, 0.2) is 72.9 Å². The molecule has 0 bridgehead atoms. The van der Waals surface area contributed by atoms with Crippen LogP contribution in [-0.2, 0) is 6.42 Å². The topological polar surface area (TPSA) is 88.9 Å². The first kappa shape index (κ1) is 18.4. The molecule has 0 aliphatic rings. The summed E-state index contributed by atoms with van der Waals surface area (Å²) in [5.41, 5.74) is 7.84. The van der Waals surface area contributed by atoms with Crippen LogP contribution in [0.3, 0.4) is 0 Å². The number of rotatable bonds is 4. The van der Waals surface area contributed by atoms with Crippen molar-refractivity contribution in [2.45, 2.75) is 13.3 Å². The number of hydrogen-bond acceptors (Lipinski definition) is 4. The Morgan fingerprint density at radius 2 is 1.62 bits per heavy atom. The van der Waals surface area contributed by atoms with Crippen LogP contribution in [0.4, 0.5) is 0 Å². The van der Waals surface area contributed by atoms with E-state index in [2.05, 4.69) is 20.9 Å². The summed E-state index contributed by atoms with van der Waals surface area (Å²) in [7, 11) is 0. The normalized spacial score (nSPS) is 10.7. The van der Waals surface area contributed by atoms with Gasteiger partial charge in [0.05, 0.1) is 28.7 Å². The highest BCUT2D eigenvalue weighted by Gasteiger charge is 2.18. The van der Waals surface area contributed by atoms with Gasteiger partial charge in [-0.2, -0.15) is 5.10 Å². The molecule has 0 saturated heterocycles. The Morgan fingerprint density at radius 1 is 0.897 bits per heavy atom. The zero-order chi connectivity index (χ0) is 20.2. The van der Waals surface area contributed by atoms with Crippen LogP contribution in [-0.4, -0.2) is 26.6 Å². The Balaban J connectivity index is 1.49. The third-order valence-corrected chi connectivity index (χ3v) is 4.57. The maximum absolute atomic E-state index is 12.6. The van der Waals surface area contributed by atoms with Crippen molar-refractivity contribution in [1.82, 2.24) is 25.6 Å². The Labute approximate surface area is 167 Å². The highest BCUT2D eigenvalue weighted by atomic mass is 16.2. The Morgan fingerprint density at radius 3 is 2.41 bits per heavy atom. The summed E-state index contributed by atoms with van der Waals surface area (Å²) in [6, 6.07) is 20.5. The number of para-hydroxylation sites is 2. The van der Waals surface area contributed by atoms with Crippen LogP contribution in [0.1, 0.15) is 33.5 Å². The summed E-state index contributed by atoms with van der Waals surface area (Å²) >= 11 is 0. The number of hydrazine groups is 1. The van der Waals surface area contributed by atoms with Gasteiger partial charge in [0.25, 0.3) is 11.8 Å². The largest absolute Gasteiger partial charge is 0.288 e. The van der Waals surface area contributed by atoms with Crippen LogP contribution in [0.25, 0.3) is 16.6 Å². The van der Waals surface area contributed by atoms with Gasteiger partial charge in [-0.05, 0) is 30.7 Å². The van der Waals surface area contributed by atoms with Crippen LogP contribution in [0.2, 0.25) is 0 Å². The lowest BCUT2D eigenvalue weighted by Gasteiger charge is -2.09. The molecule has 7 heteroatoms. The molecule has 0 aliphatic carbocycles. The summed E-state index contributed by atoms with van der Waals surface area (Å²) < 4.78 is 1.72. The number of amides is 2. The van der Waals surface area contributed by atoms with Crippen LogP contribution >= 0.6 is 0 Å². The molecule has 2 amide bonds. The van der Waals surface area contributed by atoms with E-state index in [0.717, 1.165) is 16.8 Å². The van der Waals surface area contributed by atoms with E-state index < -0.39 is 11.8 Å². The van der Waals surface area contributed by atoms with Crippen molar-refractivity contribution < 1.29 is 9.59 Å². The molecule has 0 fully saturated rings. The number of aromatic nitrogens is 3. The number of fused-ring (bicyclic) bond motifs is 1. The first-order valence-electron chi connectivity index (χ1n) is 9.26. The molecule has 2 N–H and O–H groups in total. The second-order valence-corrected chi connectivity index (χ2v) is 6.40. The van der Waals surface area contributed by atoms with Crippen molar-refractivity contribution >= 4 is 22.7 Å². The number of nitrogens with one attached hydrogen (secondary N) is 2. The molecule has 4 aromatic rings. The monoisotopic (exact) mass is 385 g/mol. The highest BCUT2D eigenvalue weighted by Crippen LogP contribution is 2.16. The van der Waals surface area contributed by atoms with Gasteiger partial charge in [0.15, 0.2) is 0 Å². The summed E-state index contributed by atoms with van der Waals surface area (Å²) in [4.78, 5) is 29.3. The zero-order valence-corrected chi connectivity index (χ0v) is 15.8. The molecular formula is C22H19N5O2. The lowest BCUT2D eigenvalue weighted by Crippen LogP contribution is -2.42. The van der Waals surface area contributed by atoms with Gasteiger partial charge in [-0.1, -0.05) is 49.4 Å². The van der Waals surface area contributed by atoms with Crippen molar-refractivity contribution in [3.63, 3.8) is 0 Å². The van der Waals surface area contributed by atoms with Gasteiger partial charge < -0.3 is 0 Å². The molecule has 0 aliphatic heterocycles. The maximum Gasteiger partial charge on any atom is 0.288 e. The summed E-state index contributed by atoms with van der Waals surface area (Å²) in [6.07, 6.45) is 2.11. The second kappa shape index (κ2) is 7.93. The van der Waals surface area contributed by atoms with Gasteiger partial charge in [0.2, 0.25) is 0 Å². The number of carbonyl (C=O) groups is 2. The molecule has 144 valence electrons. The van der Waals surface area contributed by atoms with Gasteiger partial charge in [-0.3, -0.25) is 20.4 Å². The molecular weight excluding hydrogens is 366 g/mol. The first-order valence-corrected chi connectivity index (χ1v) is 9.26. The number of hydrogen-bond donors (Lipinski definition) is 2. The Kier molecular flexibility index (Phi) is 5.03. The number of carbonyl (C=O) groups excluding carboxylic acids is 2. The molecule has 4 rings (SSSR count). The maximum atomic E-state index is 12.6. The van der Waals surface area contributed by atoms with Crippen molar-refractivity contribution in [3.8, 4) is 5.69 Å². The molecule has 0 unspecified atom stereocenters. The van der Waals surface area contributed by atoms with Crippen LogP contribution < -0.4 is 10.9 Å². The van der Waals surface area contributed by atoms with Gasteiger partial charge in [-0.25, -0.2) is 9.67 Å². The van der Waals surface area contributed by atoms with E-state index in [1.54, 1.807) is 10.7 Å². The van der Waals surface area contributed by atoms with Crippen LogP contribution in [0.5, 0.6) is 0 Å². The highest BCUT2D eigenvalue weighted by molar-refractivity contribution is 5.99. The fourth-order valence-corrected chi connectivity index (χ4v) is 3.13. The average molecular weight is 385 g/mol. The Hall–Kier alpha value is -4.00. The van der Waals surface area contributed by atoms with Gasteiger partial charge in [0, 0.05) is 5.39 Å². The molecule has 2 aromatic carbocycles. The fraction of sp³-hybridized carbons (Fsp3) is 0.0909. The molecule has 2 aromatic heterocycles. The minimum absolute atomic E-state index is 0.222. The number of benzene rings is 2. The third-order valence-electron chi connectivity index (χ3n) is 4.57. The second-order valence-electron chi connectivity index (χ2n) is 6.40. The molecule has 0 saturated carbocycles. The minimum atomic E-state index is -0.488. The van der Waals surface area contributed by atoms with Crippen molar-refractivity contribution in [3.05, 3.63) is 89.9 Å². The van der Waals surface area contributed by atoms with E-state index >= 15 is 0 Å². The molecule has 0 atom stereocenters. The SMILES string of the molecule is CCc1c(C(=O)NNC(=O)c2ccc3ccccc3n2)cnn1-c1ccccc1. The summed E-state index contributed by atoms with van der Waals surface area (Å²) in [5, 5.41) is 5.27. The van der Waals surface area contributed by atoms with E-state index in [-0.39, 0.29) is 5.69 Å². The van der Waals surface area contributed by atoms with Crippen LogP contribution in [0, 0.1) is 0 Å². The zero-order valence-electron chi connectivity index (χ0n) is 15.8. The predicted molar refractivity (Wildman–Crippen MR) is 110 cm³/mol. The summed E-state index contributed by atoms with van der Waals surface area (Å²) in [6.45, 7) is 1.95. The van der Waals surface area contributed by atoms with E-state index in [0.29, 0.717) is 17.5 Å². The molecule has 0 radical (unpaired) electrons. The fourth-order valence-electron chi connectivity index (χ4n) is 3.13. The molecule has 29 heavy (non-hydrogen) atoms. The quantitative estimate of drug-likeness (QED) is 0.529.